The summed E-state index contributed by atoms with van der Waals surface area (Å²) in [6, 6.07) is 17.8. The highest BCUT2D eigenvalue weighted by Gasteiger charge is 2.15. The van der Waals surface area contributed by atoms with Crippen molar-refractivity contribution in [2.45, 2.75) is 0 Å². The summed E-state index contributed by atoms with van der Waals surface area (Å²) in [5, 5.41) is 14.3. The Bertz CT molecular complexity index is 1060. The second-order valence-corrected chi connectivity index (χ2v) is 6.31. The van der Waals surface area contributed by atoms with Crippen molar-refractivity contribution in [1.29, 1.82) is 0 Å². The Labute approximate surface area is 147 Å². The second kappa shape index (κ2) is 5.51. The van der Waals surface area contributed by atoms with E-state index in [1.807, 2.05) is 47.0 Å². The molecule has 0 spiro atoms. The minimum atomic E-state index is -0.405. The third-order valence-corrected chi connectivity index (χ3v) is 4.46. The number of fused-ring (bicyclic) bond motifs is 3. The maximum atomic E-state index is 11.1. The number of non-ortho nitro benzene ring substituents is 1. The van der Waals surface area contributed by atoms with E-state index in [1.165, 1.54) is 6.07 Å². The fraction of sp³-hybridized carbons (Fsp3) is 0. The largest absolute Gasteiger partial charge is 0.309 e. The van der Waals surface area contributed by atoms with E-state index >= 15 is 0 Å². The fourth-order valence-corrected chi connectivity index (χ4v) is 3.32. The number of nitro groups is 1. The molecule has 0 unspecified atom stereocenters. The molecule has 4 aromatic rings. The molecule has 1 heterocycles. The third kappa shape index (κ3) is 2.31. The summed E-state index contributed by atoms with van der Waals surface area (Å²) in [5.41, 5.74) is 2.47. The average Bonchev–Trinajstić information content (AvgIpc) is 2.87. The van der Waals surface area contributed by atoms with Gasteiger partial charge in [0.05, 0.1) is 21.6 Å². The number of aromatic nitrogens is 1. The Morgan fingerprint density at radius 2 is 1.42 bits per heavy atom. The van der Waals surface area contributed by atoms with Crippen LogP contribution in [-0.4, -0.2) is 9.49 Å². The lowest BCUT2D eigenvalue weighted by Gasteiger charge is -2.08. The van der Waals surface area contributed by atoms with E-state index in [1.54, 1.807) is 12.1 Å². The maximum Gasteiger partial charge on any atom is 0.271 e. The molecule has 0 N–H and O–H groups in total. The highest BCUT2D eigenvalue weighted by Crippen LogP contribution is 2.35. The minimum absolute atomic E-state index is 0.0338. The molecule has 0 atom stereocenters. The van der Waals surface area contributed by atoms with Crippen LogP contribution in [0.15, 0.2) is 60.7 Å². The molecule has 4 rings (SSSR count). The first-order valence-electron chi connectivity index (χ1n) is 7.18. The summed E-state index contributed by atoms with van der Waals surface area (Å²) in [7, 11) is 0. The number of halogens is 2. The van der Waals surface area contributed by atoms with Crippen LogP contribution in [-0.2, 0) is 0 Å². The molecule has 1 aromatic heterocycles. The molecule has 0 aliphatic rings. The van der Waals surface area contributed by atoms with Gasteiger partial charge in [-0.05, 0) is 30.3 Å². The third-order valence-electron chi connectivity index (χ3n) is 3.99. The summed E-state index contributed by atoms with van der Waals surface area (Å²) in [5.74, 6) is 0. The SMILES string of the molecule is O=[N+]([O-])c1cccc(-n2c3cc(Cl)ccc3c3ccc(Cl)cc32)c1. The lowest BCUT2D eigenvalue weighted by Crippen LogP contribution is -1.96. The van der Waals surface area contributed by atoms with E-state index in [9.17, 15) is 10.1 Å². The van der Waals surface area contributed by atoms with Crippen molar-refractivity contribution >= 4 is 50.7 Å². The Morgan fingerprint density at radius 1 is 0.833 bits per heavy atom. The van der Waals surface area contributed by atoms with Gasteiger partial charge in [0.2, 0.25) is 0 Å². The standard InChI is InChI=1S/C18H10Cl2N2O2/c19-11-4-6-15-16-7-5-12(20)9-18(16)21(17(15)8-11)13-2-1-3-14(10-13)22(23)24/h1-10H. The van der Waals surface area contributed by atoms with Gasteiger partial charge in [-0.25, -0.2) is 0 Å². The van der Waals surface area contributed by atoms with E-state index in [2.05, 4.69) is 0 Å². The van der Waals surface area contributed by atoms with E-state index in [4.69, 9.17) is 23.2 Å². The Hall–Kier alpha value is -2.56. The Balaban J connectivity index is 2.16. The van der Waals surface area contributed by atoms with Crippen LogP contribution in [0, 0.1) is 10.1 Å². The summed E-state index contributed by atoms with van der Waals surface area (Å²) in [6.45, 7) is 0. The molecule has 4 nitrogen and oxygen atoms in total. The van der Waals surface area contributed by atoms with Crippen molar-refractivity contribution in [3.63, 3.8) is 0 Å². The van der Waals surface area contributed by atoms with Crippen molar-refractivity contribution < 1.29 is 4.92 Å². The second-order valence-electron chi connectivity index (χ2n) is 5.44. The number of nitro benzene ring substituents is 1. The molecule has 0 bridgehead atoms. The van der Waals surface area contributed by atoms with E-state index in [0.717, 1.165) is 21.8 Å². The lowest BCUT2D eigenvalue weighted by atomic mass is 10.1. The molecule has 0 aliphatic heterocycles. The first kappa shape index (κ1) is 15.0. The first-order valence-corrected chi connectivity index (χ1v) is 7.94. The molecule has 0 radical (unpaired) electrons. The number of nitrogens with zero attached hydrogens (tertiary/aromatic N) is 2. The van der Waals surface area contributed by atoms with Crippen molar-refractivity contribution in [2.24, 2.45) is 0 Å². The quantitative estimate of drug-likeness (QED) is 0.326. The van der Waals surface area contributed by atoms with Crippen LogP contribution in [0.25, 0.3) is 27.5 Å². The van der Waals surface area contributed by atoms with Crippen LogP contribution in [0.2, 0.25) is 10.0 Å². The van der Waals surface area contributed by atoms with Crippen molar-refractivity contribution in [2.75, 3.05) is 0 Å². The van der Waals surface area contributed by atoms with Gasteiger partial charge < -0.3 is 4.57 Å². The number of benzene rings is 3. The molecule has 3 aromatic carbocycles. The highest BCUT2D eigenvalue weighted by atomic mass is 35.5. The zero-order valence-corrected chi connectivity index (χ0v) is 13.8. The molecule has 0 amide bonds. The molecule has 0 aliphatic carbocycles. The number of hydrogen-bond donors (Lipinski definition) is 0. The zero-order chi connectivity index (χ0) is 16.8. The number of hydrogen-bond acceptors (Lipinski definition) is 2. The molecule has 6 heteroatoms. The van der Waals surface area contributed by atoms with Crippen LogP contribution in [0.3, 0.4) is 0 Å². The molecule has 0 saturated carbocycles. The predicted octanol–water partition coefficient (Wildman–Crippen LogP) is 6.00. The van der Waals surface area contributed by atoms with Gasteiger partial charge in [-0.1, -0.05) is 41.4 Å². The van der Waals surface area contributed by atoms with Crippen LogP contribution in [0.4, 0.5) is 5.69 Å². The van der Waals surface area contributed by atoms with Crippen LogP contribution in [0.1, 0.15) is 0 Å². The van der Waals surface area contributed by atoms with Crippen molar-refractivity contribution in [3.8, 4) is 5.69 Å². The molecule has 0 fully saturated rings. The van der Waals surface area contributed by atoms with Gasteiger partial charge in [0, 0.05) is 33.0 Å². The van der Waals surface area contributed by atoms with Gasteiger partial charge in [-0.2, -0.15) is 0 Å². The highest BCUT2D eigenvalue weighted by molar-refractivity contribution is 6.32. The van der Waals surface area contributed by atoms with Crippen molar-refractivity contribution in [3.05, 3.63) is 80.8 Å². The summed E-state index contributed by atoms with van der Waals surface area (Å²) in [6.07, 6.45) is 0. The van der Waals surface area contributed by atoms with Gasteiger partial charge >= 0.3 is 0 Å². The predicted molar refractivity (Wildman–Crippen MR) is 97.5 cm³/mol. The topological polar surface area (TPSA) is 48.1 Å². The molecule has 118 valence electrons. The van der Waals surface area contributed by atoms with Gasteiger partial charge in [0.15, 0.2) is 0 Å². The van der Waals surface area contributed by atoms with E-state index < -0.39 is 4.92 Å². The monoisotopic (exact) mass is 356 g/mol. The summed E-state index contributed by atoms with van der Waals surface area (Å²) >= 11 is 12.3. The van der Waals surface area contributed by atoms with E-state index in [-0.39, 0.29) is 5.69 Å². The molecule has 0 saturated heterocycles. The van der Waals surface area contributed by atoms with Crippen LogP contribution >= 0.6 is 23.2 Å². The smallest absolute Gasteiger partial charge is 0.271 e. The summed E-state index contributed by atoms with van der Waals surface area (Å²) < 4.78 is 1.94. The van der Waals surface area contributed by atoms with Gasteiger partial charge in [0.25, 0.3) is 5.69 Å². The maximum absolute atomic E-state index is 11.1. The van der Waals surface area contributed by atoms with Gasteiger partial charge in [0.1, 0.15) is 0 Å². The minimum Gasteiger partial charge on any atom is -0.309 e. The Morgan fingerprint density at radius 3 is 1.96 bits per heavy atom. The fourth-order valence-electron chi connectivity index (χ4n) is 2.99. The van der Waals surface area contributed by atoms with Gasteiger partial charge in [-0.15, -0.1) is 0 Å². The van der Waals surface area contributed by atoms with E-state index in [0.29, 0.717) is 15.7 Å². The zero-order valence-electron chi connectivity index (χ0n) is 12.2. The Kier molecular flexibility index (Phi) is 3.44. The van der Waals surface area contributed by atoms with Crippen molar-refractivity contribution in [1.82, 2.24) is 4.57 Å². The average molecular weight is 357 g/mol. The van der Waals surface area contributed by atoms with Gasteiger partial charge in [-0.3, -0.25) is 10.1 Å². The molecular formula is C18H10Cl2N2O2. The first-order chi connectivity index (χ1) is 11.5. The summed E-state index contributed by atoms with van der Waals surface area (Å²) in [4.78, 5) is 10.7. The number of rotatable bonds is 2. The van der Waals surface area contributed by atoms with Crippen LogP contribution in [0.5, 0.6) is 0 Å². The van der Waals surface area contributed by atoms with Crippen LogP contribution < -0.4 is 0 Å². The molecule has 24 heavy (non-hydrogen) atoms. The molecular weight excluding hydrogens is 347 g/mol. The normalized spacial score (nSPS) is 11.2. The lowest BCUT2D eigenvalue weighted by molar-refractivity contribution is -0.384.